The SMILES string of the molecule is O=C(CCCOc1cccc(Br)c1)NC1(C(=O)O)CC1. The van der Waals surface area contributed by atoms with Crippen molar-refractivity contribution in [1.82, 2.24) is 5.32 Å². The number of ether oxygens (including phenoxy) is 1. The predicted molar refractivity (Wildman–Crippen MR) is 76.6 cm³/mol. The summed E-state index contributed by atoms with van der Waals surface area (Å²) in [6.45, 7) is 0.421. The van der Waals surface area contributed by atoms with Crippen LogP contribution in [0.5, 0.6) is 5.75 Å². The summed E-state index contributed by atoms with van der Waals surface area (Å²) in [7, 11) is 0. The van der Waals surface area contributed by atoms with Crippen LogP contribution in [0.25, 0.3) is 0 Å². The summed E-state index contributed by atoms with van der Waals surface area (Å²) in [6.07, 6.45) is 1.85. The zero-order chi connectivity index (χ0) is 14.6. The van der Waals surface area contributed by atoms with Gasteiger partial charge in [0.05, 0.1) is 6.61 Å². The molecule has 1 aromatic rings. The lowest BCUT2D eigenvalue weighted by molar-refractivity contribution is -0.143. The smallest absolute Gasteiger partial charge is 0.329 e. The van der Waals surface area contributed by atoms with E-state index in [2.05, 4.69) is 21.2 Å². The van der Waals surface area contributed by atoms with Crippen molar-refractivity contribution in [1.29, 1.82) is 0 Å². The summed E-state index contributed by atoms with van der Waals surface area (Å²) >= 11 is 3.35. The molecule has 0 bridgehead atoms. The molecule has 1 aliphatic rings. The van der Waals surface area contributed by atoms with E-state index < -0.39 is 11.5 Å². The summed E-state index contributed by atoms with van der Waals surface area (Å²) in [6, 6.07) is 7.47. The highest BCUT2D eigenvalue weighted by Crippen LogP contribution is 2.35. The molecule has 2 N–H and O–H groups in total. The number of carbonyl (C=O) groups excluding carboxylic acids is 1. The minimum Gasteiger partial charge on any atom is -0.494 e. The summed E-state index contributed by atoms with van der Waals surface area (Å²) in [4.78, 5) is 22.6. The fourth-order valence-electron chi connectivity index (χ4n) is 1.83. The topological polar surface area (TPSA) is 75.6 Å². The van der Waals surface area contributed by atoms with Crippen molar-refractivity contribution < 1.29 is 19.4 Å². The first-order valence-corrected chi connectivity index (χ1v) is 7.24. The Morgan fingerprint density at radius 1 is 1.40 bits per heavy atom. The van der Waals surface area contributed by atoms with Gasteiger partial charge in [-0.3, -0.25) is 4.79 Å². The van der Waals surface area contributed by atoms with E-state index in [4.69, 9.17) is 9.84 Å². The number of hydrogen-bond donors (Lipinski definition) is 2. The Kier molecular flexibility index (Phi) is 4.65. The molecule has 108 valence electrons. The summed E-state index contributed by atoms with van der Waals surface area (Å²) in [5, 5.41) is 11.5. The molecule has 1 fully saturated rings. The van der Waals surface area contributed by atoms with Crippen molar-refractivity contribution in [2.24, 2.45) is 0 Å². The molecule has 0 spiro atoms. The molecule has 0 aromatic heterocycles. The molecule has 0 radical (unpaired) electrons. The molecule has 0 saturated heterocycles. The number of hydrogen-bond acceptors (Lipinski definition) is 3. The van der Waals surface area contributed by atoms with E-state index in [1.54, 1.807) is 0 Å². The van der Waals surface area contributed by atoms with Gasteiger partial charge < -0.3 is 15.2 Å². The minimum atomic E-state index is -0.998. The average molecular weight is 342 g/mol. The van der Waals surface area contributed by atoms with Crippen LogP contribution in [0.15, 0.2) is 28.7 Å². The van der Waals surface area contributed by atoms with Gasteiger partial charge >= 0.3 is 5.97 Å². The summed E-state index contributed by atoms with van der Waals surface area (Å²) < 4.78 is 6.44. The van der Waals surface area contributed by atoms with Crippen LogP contribution in [0.3, 0.4) is 0 Å². The highest BCUT2D eigenvalue weighted by atomic mass is 79.9. The number of halogens is 1. The number of nitrogens with one attached hydrogen (secondary N) is 1. The molecule has 1 aromatic carbocycles. The molecule has 0 atom stereocenters. The molecule has 0 unspecified atom stereocenters. The Morgan fingerprint density at radius 2 is 2.15 bits per heavy atom. The quantitative estimate of drug-likeness (QED) is 0.746. The van der Waals surface area contributed by atoms with Crippen LogP contribution in [-0.4, -0.2) is 29.1 Å². The van der Waals surface area contributed by atoms with Crippen LogP contribution in [0.2, 0.25) is 0 Å². The second-order valence-corrected chi connectivity index (χ2v) is 5.76. The lowest BCUT2D eigenvalue weighted by Gasteiger charge is -2.12. The number of amides is 1. The third kappa shape index (κ3) is 3.96. The standard InChI is InChI=1S/C14H16BrNO4/c15-10-3-1-4-11(9-10)20-8-2-5-12(17)16-14(6-7-14)13(18)19/h1,3-4,9H,2,5-8H2,(H,16,17)(H,18,19). The van der Waals surface area contributed by atoms with E-state index in [1.807, 2.05) is 24.3 Å². The van der Waals surface area contributed by atoms with E-state index in [-0.39, 0.29) is 12.3 Å². The van der Waals surface area contributed by atoms with Crippen LogP contribution < -0.4 is 10.1 Å². The Morgan fingerprint density at radius 3 is 2.75 bits per heavy atom. The van der Waals surface area contributed by atoms with Crippen LogP contribution in [-0.2, 0) is 9.59 Å². The number of carbonyl (C=O) groups is 2. The van der Waals surface area contributed by atoms with Gasteiger partial charge in [-0.15, -0.1) is 0 Å². The molecule has 6 heteroatoms. The zero-order valence-corrected chi connectivity index (χ0v) is 12.5. The highest BCUT2D eigenvalue weighted by molar-refractivity contribution is 9.10. The summed E-state index contributed by atoms with van der Waals surface area (Å²) in [5.74, 6) is -0.442. The molecule has 0 aliphatic heterocycles. The molecule has 5 nitrogen and oxygen atoms in total. The first-order valence-electron chi connectivity index (χ1n) is 6.45. The van der Waals surface area contributed by atoms with Gasteiger partial charge in [-0.1, -0.05) is 22.0 Å². The minimum absolute atomic E-state index is 0.234. The maximum atomic E-state index is 11.6. The third-order valence-electron chi connectivity index (χ3n) is 3.15. The third-order valence-corrected chi connectivity index (χ3v) is 3.64. The number of rotatable bonds is 7. The normalized spacial score (nSPS) is 15.4. The zero-order valence-electron chi connectivity index (χ0n) is 10.9. The van der Waals surface area contributed by atoms with Gasteiger partial charge in [0.1, 0.15) is 11.3 Å². The van der Waals surface area contributed by atoms with Gasteiger partial charge in [-0.25, -0.2) is 4.79 Å². The molecular weight excluding hydrogens is 326 g/mol. The number of carboxylic acid groups (broad SMARTS) is 1. The molecule has 1 saturated carbocycles. The number of carboxylic acids is 1. The lowest BCUT2D eigenvalue weighted by Crippen LogP contribution is -2.43. The second kappa shape index (κ2) is 6.26. The van der Waals surface area contributed by atoms with E-state index in [1.165, 1.54) is 0 Å². The van der Waals surface area contributed by atoms with Crippen molar-refractivity contribution in [3.63, 3.8) is 0 Å². The van der Waals surface area contributed by atoms with Crippen molar-refractivity contribution in [2.75, 3.05) is 6.61 Å². The number of aliphatic carboxylic acids is 1. The van der Waals surface area contributed by atoms with Gasteiger partial charge in [-0.05, 0) is 37.5 Å². The van der Waals surface area contributed by atoms with Gasteiger partial charge in [-0.2, -0.15) is 0 Å². The average Bonchev–Trinajstić information content (AvgIpc) is 3.16. The first kappa shape index (κ1) is 14.8. The van der Waals surface area contributed by atoms with Crippen LogP contribution >= 0.6 is 15.9 Å². The highest BCUT2D eigenvalue weighted by Gasteiger charge is 2.51. The molecule has 0 heterocycles. The van der Waals surface area contributed by atoms with Crippen LogP contribution in [0.1, 0.15) is 25.7 Å². The molecular formula is C14H16BrNO4. The van der Waals surface area contributed by atoms with Gasteiger partial charge in [0, 0.05) is 10.9 Å². The Labute approximate surface area is 125 Å². The Balaban J connectivity index is 1.66. The van der Waals surface area contributed by atoms with Gasteiger partial charge in [0.25, 0.3) is 0 Å². The molecule has 2 rings (SSSR count). The van der Waals surface area contributed by atoms with Gasteiger partial charge in [0.15, 0.2) is 0 Å². The Hall–Kier alpha value is -1.56. The second-order valence-electron chi connectivity index (χ2n) is 4.84. The monoisotopic (exact) mass is 341 g/mol. The van der Waals surface area contributed by atoms with E-state index in [0.717, 1.165) is 10.2 Å². The van der Waals surface area contributed by atoms with Crippen molar-refractivity contribution in [3.8, 4) is 5.75 Å². The number of benzene rings is 1. The maximum absolute atomic E-state index is 11.6. The van der Waals surface area contributed by atoms with Crippen molar-refractivity contribution in [2.45, 2.75) is 31.2 Å². The van der Waals surface area contributed by atoms with Crippen molar-refractivity contribution in [3.05, 3.63) is 28.7 Å². The van der Waals surface area contributed by atoms with Crippen LogP contribution in [0, 0.1) is 0 Å². The fraction of sp³-hybridized carbons (Fsp3) is 0.429. The Bertz CT molecular complexity index is 514. The lowest BCUT2D eigenvalue weighted by atomic mass is 10.2. The molecule has 1 amide bonds. The summed E-state index contributed by atoms with van der Waals surface area (Å²) in [5.41, 5.74) is -0.998. The van der Waals surface area contributed by atoms with E-state index >= 15 is 0 Å². The molecule has 1 aliphatic carbocycles. The van der Waals surface area contributed by atoms with Gasteiger partial charge in [0.2, 0.25) is 5.91 Å². The van der Waals surface area contributed by atoms with Crippen molar-refractivity contribution >= 4 is 27.8 Å². The van der Waals surface area contributed by atoms with Crippen LogP contribution in [0.4, 0.5) is 0 Å². The van der Waals surface area contributed by atoms with E-state index in [9.17, 15) is 9.59 Å². The predicted octanol–water partition coefficient (Wildman–Crippen LogP) is 2.34. The largest absolute Gasteiger partial charge is 0.494 e. The van der Waals surface area contributed by atoms with E-state index in [0.29, 0.717) is 25.9 Å². The maximum Gasteiger partial charge on any atom is 0.329 e. The first-order chi connectivity index (χ1) is 9.52. The fourth-order valence-corrected chi connectivity index (χ4v) is 2.20. The molecule has 20 heavy (non-hydrogen) atoms.